The lowest BCUT2D eigenvalue weighted by Gasteiger charge is -2.40. The Balaban J connectivity index is 1.20. The molecule has 3 N–H and O–H groups in total. The molecule has 254 valence electrons. The van der Waals surface area contributed by atoms with Gasteiger partial charge in [-0.05, 0) is 91.6 Å². The van der Waals surface area contributed by atoms with Crippen LogP contribution in [0.4, 0.5) is 5.69 Å². The predicted molar refractivity (Wildman–Crippen MR) is 188 cm³/mol. The van der Waals surface area contributed by atoms with E-state index < -0.39 is 11.5 Å². The van der Waals surface area contributed by atoms with Crippen molar-refractivity contribution in [3.63, 3.8) is 0 Å². The molecule has 10 nitrogen and oxygen atoms in total. The minimum absolute atomic E-state index is 0.303. The SMILES string of the molecule is COc1ccc2c(c1)OCCn1c-2c(C2CCCCC2)c2ccc(C(=O)NC3(C(=O)Nc4ccc(C=CC(=O)O)cc4OC)CCC3)cc21. The molecule has 2 aliphatic carbocycles. The Morgan fingerprint density at radius 3 is 2.49 bits per heavy atom. The van der Waals surface area contributed by atoms with E-state index in [0.29, 0.717) is 54.5 Å². The number of rotatable bonds is 9. The highest BCUT2D eigenvalue weighted by Crippen LogP contribution is 2.48. The van der Waals surface area contributed by atoms with E-state index in [4.69, 9.17) is 19.3 Å². The molecular formula is C39H41N3O7. The summed E-state index contributed by atoms with van der Waals surface area (Å²) in [6, 6.07) is 17.0. The summed E-state index contributed by atoms with van der Waals surface area (Å²) in [6.45, 7) is 1.13. The third-order valence-corrected chi connectivity index (χ3v) is 10.3. The van der Waals surface area contributed by atoms with E-state index in [9.17, 15) is 14.4 Å². The highest BCUT2D eigenvalue weighted by Gasteiger charge is 2.46. The molecule has 2 saturated carbocycles. The van der Waals surface area contributed by atoms with E-state index >= 15 is 0 Å². The summed E-state index contributed by atoms with van der Waals surface area (Å²) in [5.74, 6) is 0.676. The lowest BCUT2D eigenvalue weighted by molar-refractivity contribution is -0.131. The molecule has 1 aliphatic heterocycles. The molecule has 4 aromatic rings. The Hall–Kier alpha value is -5.25. The lowest BCUT2D eigenvalue weighted by atomic mass is 9.75. The van der Waals surface area contributed by atoms with E-state index in [1.165, 1.54) is 38.0 Å². The van der Waals surface area contributed by atoms with Gasteiger partial charge >= 0.3 is 5.97 Å². The van der Waals surface area contributed by atoms with Gasteiger partial charge in [0.1, 0.15) is 29.4 Å². The molecule has 0 spiro atoms. The molecular weight excluding hydrogens is 622 g/mol. The Morgan fingerprint density at radius 2 is 1.78 bits per heavy atom. The van der Waals surface area contributed by atoms with Crippen LogP contribution < -0.4 is 24.8 Å². The van der Waals surface area contributed by atoms with Crippen molar-refractivity contribution < 1.29 is 33.7 Å². The smallest absolute Gasteiger partial charge is 0.328 e. The van der Waals surface area contributed by atoms with Gasteiger partial charge in [0.2, 0.25) is 5.91 Å². The molecule has 2 fully saturated rings. The van der Waals surface area contributed by atoms with Crippen molar-refractivity contribution in [2.45, 2.75) is 69.4 Å². The monoisotopic (exact) mass is 663 g/mol. The number of hydrogen-bond acceptors (Lipinski definition) is 6. The molecule has 49 heavy (non-hydrogen) atoms. The van der Waals surface area contributed by atoms with Gasteiger partial charge in [-0.15, -0.1) is 0 Å². The lowest BCUT2D eigenvalue weighted by Crippen LogP contribution is -2.61. The van der Waals surface area contributed by atoms with E-state index in [0.717, 1.165) is 59.0 Å². The summed E-state index contributed by atoms with van der Waals surface area (Å²) in [5, 5.41) is 16.1. The number of ether oxygens (including phenoxy) is 3. The van der Waals surface area contributed by atoms with Crippen LogP contribution >= 0.6 is 0 Å². The van der Waals surface area contributed by atoms with Gasteiger partial charge in [-0.25, -0.2) is 4.79 Å². The van der Waals surface area contributed by atoms with Crippen molar-refractivity contribution >= 4 is 40.4 Å². The van der Waals surface area contributed by atoms with Crippen molar-refractivity contribution in [2.75, 3.05) is 26.1 Å². The highest BCUT2D eigenvalue weighted by atomic mass is 16.5. The fourth-order valence-corrected chi connectivity index (χ4v) is 7.59. The number of aromatic nitrogens is 1. The Labute approximate surface area is 285 Å². The number of nitrogens with one attached hydrogen (secondary N) is 2. The largest absolute Gasteiger partial charge is 0.497 e. The molecule has 1 aromatic heterocycles. The van der Waals surface area contributed by atoms with Crippen LogP contribution in [0.5, 0.6) is 17.2 Å². The fraction of sp³-hybridized carbons (Fsp3) is 0.359. The van der Waals surface area contributed by atoms with E-state index in [2.05, 4.69) is 27.3 Å². The van der Waals surface area contributed by atoms with Crippen molar-refractivity contribution in [1.29, 1.82) is 0 Å². The number of amides is 2. The number of carboxylic acid groups (broad SMARTS) is 1. The highest BCUT2D eigenvalue weighted by molar-refractivity contribution is 6.06. The average Bonchev–Trinajstić information content (AvgIpc) is 3.30. The molecule has 0 radical (unpaired) electrons. The van der Waals surface area contributed by atoms with Crippen molar-refractivity contribution in [3.05, 3.63) is 77.4 Å². The summed E-state index contributed by atoms with van der Waals surface area (Å²) in [6.07, 6.45) is 10.2. The number of anilines is 1. The number of carboxylic acids is 1. The van der Waals surface area contributed by atoms with Gasteiger partial charge in [-0.2, -0.15) is 0 Å². The maximum absolute atomic E-state index is 13.9. The standard InChI is InChI=1S/C39H41N3O7/c1-47-27-12-14-29-32(23-27)49-20-19-42-31-22-26(11-13-28(31)35(36(29)42)25-7-4-3-5-8-25)37(45)41-39(17-6-18-39)38(46)40-30-15-9-24(10-16-34(43)44)21-33(30)48-2/h9-16,21-23,25H,3-8,17-20H2,1-2H3,(H,40,46)(H,41,45)(H,43,44). The second-order valence-electron chi connectivity index (χ2n) is 13.2. The van der Waals surface area contributed by atoms with Crippen LogP contribution in [0.15, 0.2) is 60.7 Å². The first-order valence-corrected chi connectivity index (χ1v) is 17.0. The Morgan fingerprint density at radius 1 is 0.959 bits per heavy atom. The number of carbonyl (C=O) groups is 3. The van der Waals surface area contributed by atoms with E-state index in [1.54, 1.807) is 25.3 Å². The predicted octanol–water partition coefficient (Wildman–Crippen LogP) is 7.15. The zero-order chi connectivity index (χ0) is 34.1. The Bertz CT molecular complexity index is 1970. The van der Waals surface area contributed by atoms with Crippen LogP contribution in [0.2, 0.25) is 0 Å². The maximum Gasteiger partial charge on any atom is 0.328 e. The normalized spacial score (nSPS) is 16.9. The zero-order valence-electron chi connectivity index (χ0n) is 27.8. The summed E-state index contributed by atoms with van der Waals surface area (Å²) in [5.41, 5.74) is 4.99. The quantitative estimate of drug-likeness (QED) is 0.162. The van der Waals surface area contributed by atoms with E-state index in [-0.39, 0.29) is 11.8 Å². The van der Waals surface area contributed by atoms with Gasteiger partial charge < -0.3 is 34.5 Å². The van der Waals surface area contributed by atoms with Crippen LogP contribution in [0, 0.1) is 0 Å². The van der Waals surface area contributed by atoms with Gasteiger partial charge in [0.05, 0.1) is 32.1 Å². The second kappa shape index (κ2) is 13.3. The number of fused-ring (bicyclic) bond motifs is 5. The minimum atomic E-state index is -1.06. The van der Waals surface area contributed by atoms with Gasteiger partial charge in [0, 0.05) is 34.2 Å². The maximum atomic E-state index is 13.9. The molecule has 10 heteroatoms. The first-order chi connectivity index (χ1) is 23.8. The van der Waals surface area contributed by atoms with Crippen molar-refractivity contribution in [3.8, 4) is 28.5 Å². The van der Waals surface area contributed by atoms with Crippen molar-refractivity contribution in [2.24, 2.45) is 0 Å². The third kappa shape index (κ3) is 6.11. The fourth-order valence-electron chi connectivity index (χ4n) is 7.59. The summed E-state index contributed by atoms with van der Waals surface area (Å²) in [4.78, 5) is 38.6. The van der Waals surface area contributed by atoms with Gasteiger partial charge in [-0.3, -0.25) is 9.59 Å². The average molecular weight is 664 g/mol. The number of nitrogens with zero attached hydrogens (tertiary/aromatic N) is 1. The van der Waals surface area contributed by atoms with Crippen LogP contribution in [0.25, 0.3) is 28.2 Å². The minimum Gasteiger partial charge on any atom is -0.497 e. The number of methoxy groups -OCH3 is 2. The summed E-state index contributed by atoms with van der Waals surface area (Å²) >= 11 is 0. The summed E-state index contributed by atoms with van der Waals surface area (Å²) in [7, 11) is 3.14. The topological polar surface area (TPSA) is 128 Å². The molecule has 0 bridgehead atoms. The summed E-state index contributed by atoms with van der Waals surface area (Å²) < 4.78 is 19.5. The molecule has 0 atom stereocenters. The number of benzene rings is 3. The number of carbonyl (C=O) groups excluding carboxylic acids is 2. The zero-order valence-corrected chi connectivity index (χ0v) is 27.8. The molecule has 2 amide bonds. The van der Waals surface area contributed by atoms with Crippen LogP contribution in [-0.2, 0) is 16.1 Å². The molecule has 3 aromatic carbocycles. The Kier molecular flexibility index (Phi) is 8.79. The van der Waals surface area contributed by atoms with Crippen LogP contribution in [0.1, 0.15) is 78.8 Å². The van der Waals surface area contributed by atoms with Gasteiger partial charge in [-0.1, -0.05) is 31.4 Å². The third-order valence-electron chi connectivity index (χ3n) is 10.3. The van der Waals surface area contributed by atoms with Gasteiger partial charge in [0.25, 0.3) is 5.91 Å². The molecule has 0 saturated heterocycles. The molecule has 3 aliphatic rings. The second-order valence-corrected chi connectivity index (χ2v) is 13.2. The van der Waals surface area contributed by atoms with Crippen LogP contribution in [-0.4, -0.2) is 53.8 Å². The molecule has 0 unspecified atom stereocenters. The van der Waals surface area contributed by atoms with Crippen molar-refractivity contribution in [1.82, 2.24) is 9.88 Å². The van der Waals surface area contributed by atoms with Gasteiger partial charge in [0.15, 0.2) is 0 Å². The first-order valence-electron chi connectivity index (χ1n) is 17.0. The first kappa shape index (κ1) is 32.3. The number of aliphatic carboxylic acids is 1. The van der Waals surface area contributed by atoms with E-state index in [1.807, 2.05) is 24.3 Å². The molecule has 7 rings (SSSR count). The van der Waals surface area contributed by atoms with Crippen LogP contribution in [0.3, 0.4) is 0 Å². The number of hydrogen-bond donors (Lipinski definition) is 3. The molecule has 2 heterocycles.